The molecule has 2 N–H and O–H groups in total. The van der Waals surface area contributed by atoms with Gasteiger partial charge in [-0.15, -0.1) is 0 Å². The molecule has 6 heteroatoms. The Hall–Kier alpha value is -3.15. The van der Waals surface area contributed by atoms with Crippen molar-refractivity contribution in [2.24, 2.45) is 0 Å². The number of amides is 3. The molecule has 0 heterocycles. The second-order valence-electron chi connectivity index (χ2n) is 7.14. The van der Waals surface area contributed by atoms with Gasteiger partial charge in [0, 0.05) is 17.8 Å². The van der Waals surface area contributed by atoms with Crippen molar-refractivity contribution in [3.8, 4) is 0 Å². The minimum absolute atomic E-state index is 0.0788. The molecule has 154 valence electrons. The Morgan fingerprint density at radius 2 is 1.45 bits per heavy atom. The van der Waals surface area contributed by atoms with Crippen LogP contribution in [0.2, 0.25) is 0 Å². The fourth-order valence-electron chi connectivity index (χ4n) is 2.73. The molecule has 0 aliphatic heterocycles. The predicted molar refractivity (Wildman–Crippen MR) is 115 cm³/mol. The molecule has 2 aromatic carbocycles. The highest BCUT2D eigenvalue weighted by atomic mass is 16.2. The molecule has 2 aromatic rings. The van der Waals surface area contributed by atoms with E-state index in [1.54, 1.807) is 12.1 Å². The zero-order chi connectivity index (χ0) is 21.2. The number of benzene rings is 2. The van der Waals surface area contributed by atoms with Crippen LogP contribution in [0.1, 0.15) is 41.3 Å². The summed E-state index contributed by atoms with van der Waals surface area (Å²) in [6.07, 6.45) is 1.72. The maximum Gasteiger partial charge on any atom is 0.254 e. The third-order valence-electron chi connectivity index (χ3n) is 4.48. The van der Waals surface area contributed by atoms with Gasteiger partial charge >= 0.3 is 0 Å². The number of hydrogen-bond acceptors (Lipinski definition) is 3. The Kier molecular flexibility index (Phi) is 8.40. The fourth-order valence-corrected chi connectivity index (χ4v) is 2.73. The minimum Gasteiger partial charge on any atom is -0.345 e. The molecule has 3 amide bonds. The summed E-state index contributed by atoms with van der Waals surface area (Å²) >= 11 is 0. The van der Waals surface area contributed by atoms with Crippen molar-refractivity contribution in [3.63, 3.8) is 0 Å². The van der Waals surface area contributed by atoms with Crippen molar-refractivity contribution in [2.75, 3.05) is 25.0 Å². The Morgan fingerprint density at radius 3 is 2.03 bits per heavy atom. The monoisotopic (exact) mass is 395 g/mol. The smallest absolute Gasteiger partial charge is 0.254 e. The second kappa shape index (κ2) is 11.0. The Labute approximate surface area is 172 Å². The predicted octanol–water partition coefficient (Wildman–Crippen LogP) is 3.30. The van der Waals surface area contributed by atoms with Crippen LogP contribution in [0.15, 0.2) is 48.5 Å². The summed E-state index contributed by atoms with van der Waals surface area (Å²) in [5, 5.41) is 5.32. The van der Waals surface area contributed by atoms with Gasteiger partial charge in [-0.25, -0.2) is 0 Å². The van der Waals surface area contributed by atoms with Gasteiger partial charge < -0.3 is 15.5 Å². The van der Waals surface area contributed by atoms with Crippen LogP contribution in [0, 0.1) is 13.8 Å². The summed E-state index contributed by atoms with van der Waals surface area (Å²) < 4.78 is 0. The molecular formula is C23H29N3O3. The number of anilines is 1. The number of carbonyl (C=O) groups excluding carboxylic acids is 3. The molecule has 6 nitrogen and oxygen atoms in total. The number of nitrogens with one attached hydrogen (secondary N) is 2. The van der Waals surface area contributed by atoms with E-state index in [0.717, 1.165) is 24.0 Å². The topological polar surface area (TPSA) is 78.5 Å². The molecule has 0 radical (unpaired) electrons. The summed E-state index contributed by atoms with van der Waals surface area (Å²) in [5.41, 5.74) is 3.39. The molecule has 29 heavy (non-hydrogen) atoms. The molecule has 0 bridgehead atoms. The number of carbonyl (C=O) groups is 3. The molecule has 0 aliphatic rings. The average molecular weight is 396 g/mol. The Morgan fingerprint density at radius 1 is 0.862 bits per heavy atom. The van der Waals surface area contributed by atoms with Crippen LogP contribution >= 0.6 is 0 Å². The molecule has 0 atom stereocenters. The first kappa shape index (κ1) is 22.1. The third-order valence-corrected chi connectivity index (χ3v) is 4.48. The summed E-state index contributed by atoms with van der Waals surface area (Å²) in [6.45, 7) is 6.22. The van der Waals surface area contributed by atoms with E-state index in [9.17, 15) is 14.4 Å². The summed E-state index contributed by atoms with van der Waals surface area (Å²) in [5.74, 6) is -0.856. The highest BCUT2D eigenvalue weighted by Gasteiger charge is 2.18. The standard InChI is InChI=1S/C23H29N3O3/c1-4-5-14-26(23(29)19-10-6-17(2)7-11-19)16-22(28)24-15-21(27)25-20-12-8-18(3)9-13-20/h6-13H,4-5,14-16H2,1-3H3,(H,24,28)(H,25,27). The highest BCUT2D eigenvalue weighted by Crippen LogP contribution is 2.09. The molecular weight excluding hydrogens is 366 g/mol. The zero-order valence-corrected chi connectivity index (χ0v) is 17.3. The number of unbranched alkanes of at least 4 members (excludes halogenated alkanes) is 1. The lowest BCUT2D eigenvalue weighted by atomic mass is 10.1. The van der Waals surface area contributed by atoms with Gasteiger partial charge in [0.05, 0.1) is 13.1 Å². The first-order chi connectivity index (χ1) is 13.9. The Balaban J connectivity index is 1.89. The molecule has 0 unspecified atom stereocenters. The molecule has 0 aromatic heterocycles. The SMILES string of the molecule is CCCCN(CC(=O)NCC(=O)Nc1ccc(C)cc1)C(=O)c1ccc(C)cc1. The number of hydrogen-bond donors (Lipinski definition) is 2. The van der Waals surface area contributed by atoms with Gasteiger partial charge in [0.15, 0.2) is 0 Å². The van der Waals surface area contributed by atoms with Crippen molar-refractivity contribution in [1.29, 1.82) is 0 Å². The van der Waals surface area contributed by atoms with E-state index in [2.05, 4.69) is 10.6 Å². The van der Waals surface area contributed by atoms with Gasteiger partial charge in [-0.05, 0) is 44.5 Å². The van der Waals surface area contributed by atoms with Gasteiger partial charge in [-0.1, -0.05) is 48.7 Å². The van der Waals surface area contributed by atoms with E-state index in [1.807, 2.05) is 57.2 Å². The summed E-state index contributed by atoms with van der Waals surface area (Å²) in [4.78, 5) is 38.7. The lowest BCUT2D eigenvalue weighted by Gasteiger charge is -2.22. The molecule has 0 spiro atoms. The molecule has 0 saturated heterocycles. The highest BCUT2D eigenvalue weighted by molar-refractivity contribution is 5.98. The van der Waals surface area contributed by atoms with Gasteiger partial charge in [-0.3, -0.25) is 14.4 Å². The van der Waals surface area contributed by atoms with Crippen molar-refractivity contribution < 1.29 is 14.4 Å². The van der Waals surface area contributed by atoms with Crippen LogP contribution in [0.4, 0.5) is 5.69 Å². The maximum atomic E-state index is 12.8. The van der Waals surface area contributed by atoms with Crippen LogP contribution in [0.25, 0.3) is 0 Å². The van der Waals surface area contributed by atoms with Crippen LogP contribution in [0.5, 0.6) is 0 Å². The minimum atomic E-state index is -0.361. The number of nitrogens with zero attached hydrogens (tertiary/aromatic N) is 1. The van der Waals surface area contributed by atoms with Crippen LogP contribution in [-0.2, 0) is 9.59 Å². The number of rotatable bonds is 9. The largest absolute Gasteiger partial charge is 0.345 e. The normalized spacial score (nSPS) is 10.3. The van der Waals surface area contributed by atoms with Crippen molar-refractivity contribution in [3.05, 3.63) is 65.2 Å². The first-order valence-electron chi connectivity index (χ1n) is 9.88. The average Bonchev–Trinajstić information content (AvgIpc) is 2.71. The first-order valence-corrected chi connectivity index (χ1v) is 9.88. The van der Waals surface area contributed by atoms with Crippen molar-refractivity contribution >= 4 is 23.4 Å². The van der Waals surface area contributed by atoms with Gasteiger partial charge in [-0.2, -0.15) is 0 Å². The molecule has 0 fully saturated rings. The van der Waals surface area contributed by atoms with E-state index < -0.39 is 0 Å². The van der Waals surface area contributed by atoms with Gasteiger partial charge in [0.2, 0.25) is 11.8 Å². The molecule has 0 aliphatic carbocycles. The van der Waals surface area contributed by atoms with Gasteiger partial charge in [0.25, 0.3) is 5.91 Å². The third kappa shape index (κ3) is 7.41. The summed E-state index contributed by atoms with van der Waals surface area (Å²) in [7, 11) is 0. The van der Waals surface area contributed by atoms with E-state index in [1.165, 1.54) is 4.90 Å². The second-order valence-corrected chi connectivity index (χ2v) is 7.14. The summed E-state index contributed by atoms with van der Waals surface area (Å²) in [6, 6.07) is 14.7. The zero-order valence-electron chi connectivity index (χ0n) is 17.3. The maximum absolute atomic E-state index is 12.8. The van der Waals surface area contributed by atoms with E-state index in [-0.39, 0.29) is 30.8 Å². The van der Waals surface area contributed by atoms with Crippen molar-refractivity contribution in [2.45, 2.75) is 33.6 Å². The lowest BCUT2D eigenvalue weighted by Crippen LogP contribution is -2.43. The van der Waals surface area contributed by atoms with E-state index in [4.69, 9.17) is 0 Å². The Bertz CT molecular complexity index is 829. The van der Waals surface area contributed by atoms with Crippen LogP contribution in [0.3, 0.4) is 0 Å². The fraction of sp³-hybridized carbons (Fsp3) is 0.348. The van der Waals surface area contributed by atoms with Gasteiger partial charge in [0.1, 0.15) is 0 Å². The number of aryl methyl sites for hydroxylation is 2. The van der Waals surface area contributed by atoms with E-state index in [0.29, 0.717) is 17.8 Å². The lowest BCUT2D eigenvalue weighted by molar-refractivity contribution is -0.124. The van der Waals surface area contributed by atoms with Crippen LogP contribution < -0.4 is 10.6 Å². The quantitative estimate of drug-likeness (QED) is 0.684. The molecule has 0 saturated carbocycles. The van der Waals surface area contributed by atoms with E-state index >= 15 is 0 Å². The van der Waals surface area contributed by atoms with Crippen LogP contribution in [-0.4, -0.2) is 42.3 Å². The molecule has 2 rings (SSSR count). The van der Waals surface area contributed by atoms with Crippen molar-refractivity contribution in [1.82, 2.24) is 10.2 Å².